The molecule has 2 fully saturated rings. The zero-order valence-electron chi connectivity index (χ0n) is 20.1. The fourth-order valence-corrected chi connectivity index (χ4v) is 7.06. The third kappa shape index (κ3) is 2.96. The fourth-order valence-electron chi connectivity index (χ4n) is 7.06. The molecule has 1 aromatic rings. The minimum absolute atomic E-state index is 0.0369. The molecule has 1 saturated carbocycles. The summed E-state index contributed by atoms with van der Waals surface area (Å²) in [5.41, 5.74) is 1.64. The van der Waals surface area contributed by atoms with Gasteiger partial charge >= 0.3 is 0 Å². The summed E-state index contributed by atoms with van der Waals surface area (Å²) in [6, 6.07) is 1.67. The Morgan fingerprint density at radius 1 is 1.09 bits per heavy atom. The van der Waals surface area contributed by atoms with Crippen molar-refractivity contribution < 1.29 is 24.8 Å². The largest absolute Gasteiger partial charge is 0.508 e. The molecule has 0 amide bonds. The number of rotatable bonds is 2. The van der Waals surface area contributed by atoms with E-state index in [1.807, 2.05) is 20.8 Å². The van der Waals surface area contributed by atoms with Crippen molar-refractivity contribution in [1.29, 1.82) is 0 Å². The molecule has 1 spiro atoms. The number of aliphatic hydroxyl groups is 1. The van der Waals surface area contributed by atoms with Crippen molar-refractivity contribution in [1.82, 2.24) is 0 Å². The van der Waals surface area contributed by atoms with Gasteiger partial charge in [0, 0.05) is 34.8 Å². The Hall–Kier alpha value is -1.72. The zero-order chi connectivity index (χ0) is 23.1. The summed E-state index contributed by atoms with van der Waals surface area (Å²) in [5.74, 6) is 1.09. The lowest BCUT2D eigenvalue weighted by atomic mass is 9.60. The molecule has 5 heteroatoms. The first-order valence-corrected chi connectivity index (χ1v) is 12.2. The highest BCUT2D eigenvalue weighted by molar-refractivity contribution is 5.53. The molecule has 2 aliphatic carbocycles. The maximum absolute atomic E-state index is 10.8. The second kappa shape index (κ2) is 6.89. The molecular formula is C27H38O5. The van der Waals surface area contributed by atoms with E-state index in [-0.39, 0.29) is 16.6 Å². The van der Waals surface area contributed by atoms with E-state index in [0.717, 1.165) is 67.4 Å². The number of hydrogen-bond acceptors (Lipinski definition) is 5. The van der Waals surface area contributed by atoms with Crippen LogP contribution in [0.2, 0.25) is 0 Å². The van der Waals surface area contributed by atoms with Crippen LogP contribution in [0.3, 0.4) is 0 Å². The number of phenolic OH excluding ortho intramolecular Hbond substituents is 2. The van der Waals surface area contributed by atoms with Gasteiger partial charge in [0.05, 0.1) is 17.5 Å². The maximum atomic E-state index is 10.8. The summed E-state index contributed by atoms with van der Waals surface area (Å²) in [4.78, 5) is 0. The van der Waals surface area contributed by atoms with Crippen molar-refractivity contribution in [2.24, 2.45) is 16.7 Å². The van der Waals surface area contributed by atoms with Crippen molar-refractivity contribution in [3.63, 3.8) is 0 Å². The summed E-state index contributed by atoms with van der Waals surface area (Å²) in [6.45, 7) is 10.4. The Bertz CT molecular complexity index is 981. The average molecular weight is 443 g/mol. The van der Waals surface area contributed by atoms with Crippen LogP contribution in [0.1, 0.15) is 82.9 Å². The lowest BCUT2D eigenvalue weighted by molar-refractivity contribution is -0.310. The molecule has 2 heterocycles. The predicted molar refractivity (Wildman–Crippen MR) is 122 cm³/mol. The van der Waals surface area contributed by atoms with Gasteiger partial charge in [-0.2, -0.15) is 0 Å². The Balaban J connectivity index is 1.45. The second-order valence-electron chi connectivity index (χ2n) is 11.8. The molecule has 2 aliphatic heterocycles. The lowest BCUT2D eigenvalue weighted by Gasteiger charge is -2.55. The Kier molecular flexibility index (Phi) is 4.76. The van der Waals surface area contributed by atoms with E-state index in [1.54, 1.807) is 6.07 Å². The van der Waals surface area contributed by atoms with Gasteiger partial charge in [-0.3, -0.25) is 0 Å². The van der Waals surface area contributed by atoms with Crippen LogP contribution < -0.4 is 0 Å². The van der Waals surface area contributed by atoms with Crippen LogP contribution >= 0.6 is 0 Å². The van der Waals surface area contributed by atoms with Crippen LogP contribution in [-0.4, -0.2) is 32.8 Å². The smallest absolute Gasteiger partial charge is 0.219 e. The third-order valence-corrected chi connectivity index (χ3v) is 9.41. The Labute approximate surface area is 191 Å². The molecule has 32 heavy (non-hydrogen) atoms. The highest BCUT2D eigenvalue weighted by Gasteiger charge is 2.69. The minimum Gasteiger partial charge on any atom is -0.508 e. The van der Waals surface area contributed by atoms with Crippen molar-refractivity contribution in [3.8, 4) is 11.5 Å². The van der Waals surface area contributed by atoms with Crippen LogP contribution in [0.25, 0.3) is 0 Å². The Morgan fingerprint density at radius 3 is 2.53 bits per heavy atom. The number of allylic oxidation sites excluding steroid dienone is 2. The number of aromatic hydroxyl groups is 2. The molecule has 5 rings (SSSR count). The summed E-state index contributed by atoms with van der Waals surface area (Å²) in [6.07, 6.45) is 8.74. The summed E-state index contributed by atoms with van der Waals surface area (Å²) in [5, 5.41) is 31.8. The van der Waals surface area contributed by atoms with Gasteiger partial charge in [0.15, 0.2) is 0 Å². The van der Waals surface area contributed by atoms with Gasteiger partial charge < -0.3 is 24.8 Å². The highest BCUT2D eigenvalue weighted by Crippen LogP contribution is 2.67. The lowest BCUT2D eigenvalue weighted by Crippen LogP contribution is -2.57. The fraction of sp³-hybridized carbons (Fsp3) is 0.704. The number of hydrogen-bond donors (Lipinski definition) is 3. The number of fused-ring (bicyclic) bond motifs is 3. The number of phenols is 2. The maximum Gasteiger partial charge on any atom is 0.219 e. The first kappa shape index (κ1) is 22.1. The van der Waals surface area contributed by atoms with Crippen molar-refractivity contribution >= 4 is 0 Å². The normalized spacial score (nSPS) is 40.0. The number of benzene rings is 1. The zero-order valence-corrected chi connectivity index (χ0v) is 20.1. The van der Waals surface area contributed by atoms with Gasteiger partial charge in [0.2, 0.25) is 5.79 Å². The van der Waals surface area contributed by atoms with Gasteiger partial charge in [-0.1, -0.05) is 20.3 Å². The van der Waals surface area contributed by atoms with E-state index in [2.05, 4.69) is 19.9 Å². The van der Waals surface area contributed by atoms with E-state index in [9.17, 15) is 15.3 Å². The van der Waals surface area contributed by atoms with Crippen LogP contribution in [0, 0.1) is 23.7 Å². The minimum atomic E-state index is -0.810. The van der Waals surface area contributed by atoms with E-state index >= 15 is 0 Å². The number of ether oxygens (including phenoxy) is 2. The van der Waals surface area contributed by atoms with E-state index in [0.29, 0.717) is 18.1 Å². The van der Waals surface area contributed by atoms with E-state index < -0.39 is 17.5 Å². The molecule has 5 atom stereocenters. The van der Waals surface area contributed by atoms with Crippen LogP contribution in [-0.2, 0) is 22.3 Å². The van der Waals surface area contributed by atoms with Gasteiger partial charge in [0.25, 0.3) is 0 Å². The molecule has 1 saturated heterocycles. The monoisotopic (exact) mass is 442 g/mol. The van der Waals surface area contributed by atoms with Gasteiger partial charge in [0.1, 0.15) is 11.5 Å². The van der Waals surface area contributed by atoms with Gasteiger partial charge in [-0.15, -0.1) is 0 Å². The number of aliphatic hydroxyl groups excluding tert-OH is 1. The molecule has 1 aromatic carbocycles. The highest BCUT2D eigenvalue weighted by atomic mass is 16.7. The molecular weight excluding hydrogens is 404 g/mol. The van der Waals surface area contributed by atoms with Crippen molar-refractivity contribution in [2.75, 3.05) is 0 Å². The van der Waals surface area contributed by atoms with Gasteiger partial charge in [-0.05, 0) is 76.5 Å². The van der Waals surface area contributed by atoms with Crippen molar-refractivity contribution in [2.45, 2.75) is 103 Å². The Morgan fingerprint density at radius 2 is 1.84 bits per heavy atom. The summed E-state index contributed by atoms with van der Waals surface area (Å²) < 4.78 is 13.4. The first-order valence-electron chi connectivity index (χ1n) is 12.2. The molecule has 0 radical (unpaired) electrons. The standard InChI is InChI=1S/C27H38O5/c1-16-11-21(28)20-13-17(7-8-19(20)23(16)30)12-18-14-25(4)9-6-10-26(25,5)27(31-18)15-22(29)24(2,3)32-27/h11,14,17,22,28-30H,6-10,12-13,15H2,1-5H3/t17-,22+,25-,26-,27-/m1/s1. The van der Waals surface area contributed by atoms with Crippen LogP contribution in [0.5, 0.6) is 11.5 Å². The van der Waals surface area contributed by atoms with Crippen molar-refractivity contribution in [3.05, 3.63) is 34.6 Å². The molecule has 0 bridgehead atoms. The summed E-state index contributed by atoms with van der Waals surface area (Å²) >= 11 is 0. The SMILES string of the molecule is Cc1cc(O)c2c(c1O)CC[C@H](CC1=C[C@@]3(C)CCC[C@@]3(C)[C@]3(C[C@H](O)C(C)(C)O3)O1)C2. The molecule has 0 unspecified atom stereocenters. The van der Waals surface area contributed by atoms with Gasteiger partial charge in [-0.25, -0.2) is 0 Å². The topological polar surface area (TPSA) is 79.2 Å². The molecule has 3 N–H and O–H groups in total. The molecule has 4 aliphatic rings. The van der Waals surface area contributed by atoms with E-state index in [4.69, 9.17) is 9.47 Å². The average Bonchev–Trinajstić information content (AvgIpc) is 3.13. The first-order chi connectivity index (χ1) is 14.9. The molecule has 176 valence electrons. The van der Waals surface area contributed by atoms with Crippen LogP contribution in [0.4, 0.5) is 0 Å². The van der Waals surface area contributed by atoms with E-state index in [1.165, 1.54) is 0 Å². The number of aryl methyl sites for hydroxylation is 1. The molecule has 5 nitrogen and oxygen atoms in total. The quantitative estimate of drug-likeness (QED) is 0.544. The third-order valence-electron chi connectivity index (χ3n) is 9.41. The second-order valence-corrected chi connectivity index (χ2v) is 11.8. The molecule has 0 aromatic heterocycles. The van der Waals surface area contributed by atoms with Crippen LogP contribution in [0.15, 0.2) is 17.9 Å². The summed E-state index contributed by atoms with van der Waals surface area (Å²) in [7, 11) is 0. The predicted octanol–water partition coefficient (Wildman–Crippen LogP) is 5.27.